The molecular weight excluding hydrogens is 292 g/mol. The van der Waals surface area contributed by atoms with Gasteiger partial charge in [-0.3, -0.25) is 0 Å². The Labute approximate surface area is 117 Å². The van der Waals surface area contributed by atoms with Crippen LogP contribution in [0.2, 0.25) is 0 Å². The van der Waals surface area contributed by atoms with Crippen molar-refractivity contribution in [3.05, 3.63) is 28.2 Å². The van der Waals surface area contributed by atoms with Crippen LogP contribution < -0.4 is 10.2 Å². The molecule has 1 saturated heterocycles. The Hall–Kier alpha value is -0.580. The van der Waals surface area contributed by atoms with E-state index in [1.54, 1.807) is 0 Å². The number of rotatable bonds is 5. The number of hydrogen-bond acceptors (Lipinski definition) is 3. The topological polar surface area (TPSA) is 35.5 Å². The second-order valence-corrected chi connectivity index (χ2v) is 5.58. The monoisotopic (exact) mass is 312 g/mol. The molecule has 100 valence electrons. The van der Waals surface area contributed by atoms with Gasteiger partial charge in [-0.1, -0.05) is 28.9 Å². The lowest BCUT2D eigenvalue weighted by Gasteiger charge is -2.26. The quantitative estimate of drug-likeness (QED) is 0.877. The Balaban J connectivity index is 2.12. The summed E-state index contributed by atoms with van der Waals surface area (Å²) in [4.78, 5) is 2.31. The van der Waals surface area contributed by atoms with Gasteiger partial charge in [0.15, 0.2) is 0 Å². The Morgan fingerprint density at radius 2 is 2.33 bits per heavy atom. The third kappa shape index (κ3) is 3.05. The molecular formula is C14H21BrN2O. The summed E-state index contributed by atoms with van der Waals surface area (Å²) in [6.45, 7) is 5.27. The van der Waals surface area contributed by atoms with Crippen LogP contribution in [0.1, 0.15) is 25.3 Å². The molecule has 0 spiro atoms. The van der Waals surface area contributed by atoms with E-state index in [-0.39, 0.29) is 12.6 Å². The molecule has 1 fully saturated rings. The van der Waals surface area contributed by atoms with Crippen LogP contribution in [0.25, 0.3) is 0 Å². The van der Waals surface area contributed by atoms with Gasteiger partial charge in [0, 0.05) is 23.2 Å². The number of aliphatic hydroxyl groups excluding tert-OH is 1. The van der Waals surface area contributed by atoms with Crippen molar-refractivity contribution in [2.24, 2.45) is 0 Å². The Morgan fingerprint density at radius 1 is 1.50 bits per heavy atom. The van der Waals surface area contributed by atoms with Crippen LogP contribution in [0.5, 0.6) is 0 Å². The van der Waals surface area contributed by atoms with Crippen LogP contribution in [0, 0.1) is 0 Å². The maximum Gasteiger partial charge on any atom is 0.0635 e. The van der Waals surface area contributed by atoms with Gasteiger partial charge in [0.25, 0.3) is 0 Å². The molecule has 0 amide bonds. The molecule has 1 aliphatic rings. The summed E-state index contributed by atoms with van der Waals surface area (Å²) in [5, 5.41) is 12.7. The maximum absolute atomic E-state index is 9.37. The first-order valence-corrected chi connectivity index (χ1v) is 7.42. The highest BCUT2D eigenvalue weighted by Crippen LogP contribution is 2.29. The van der Waals surface area contributed by atoms with Crippen LogP contribution >= 0.6 is 15.9 Å². The third-order valence-corrected chi connectivity index (χ3v) is 4.26. The van der Waals surface area contributed by atoms with Gasteiger partial charge < -0.3 is 15.3 Å². The molecule has 2 N–H and O–H groups in total. The average Bonchev–Trinajstić information content (AvgIpc) is 2.85. The van der Waals surface area contributed by atoms with E-state index >= 15 is 0 Å². The molecule has 1 aliphatic heterocycles. The standard InChI is InChI=1S/C14H21BrN2O/c1-2-16-9-11-5-6-12(8-14(11)15)17-7-3-4-13(17)10-18/h5-6,8,13,16,18H,2-4,7,9-10H2,1H3. The van der Waals surface area contributed by atoms with Gasteiger partial charge >= 0.3 is 0 Å². The number of hydrogen-bond donors (Lipinski definition) is 2. The van der Waals surface area contributed by atoms with Crippen molar-refractivity contribution < 1.29 is 5.11 Å². The fourth-order valence-electron chi connectivity index (χ4n) is 2.48. The third-order valence-electron chi connectivity index (χ3n) is 3.52. The molecule has 18 heavy (non-hydrogen) atoms. The highest BCUT2D eigenvalue weighted by molar-refractivity contribution is 9.10. The van der Waals surface area contributed by atoms with E-state index in [1.807, 2.05) is 0 Å². The van der Waals surface area contributed by atoms with Gasteiger partial charge in [-0.05, 0) is 37.1 Å². The molecule has 4 heteroatoms. The van der Waals surface area contributed by atoms with E-state index in [9.17, 15) is 5.11 Å². The molecule has 2 rings (SSSR count). The summed E-state index contributed by atoms with van der Waals surface area (Å²) in [5.74, 6) is 0. The van der Waals surface area contributed by atoms with Crippen molar-refractivity contribution in [2.45, 2.75) is 32.4 Å². The van der Waals surface area contributed by atoms with E-state index in [0.717, 1.165) is 30.5 Å². The van der Waals surface area contributed by atoms with Gasteiger partial charge in [0.2, 0.25) is 0 Å². The van der Waals surface area contributed by atoms with Crippen LogP contribution in [-0.2, 0) is 6.54 Å². The van der Waals surface area contributed by atoms with Crippen molar-refractivity contribution in [1.82, 2.24) is 5.32 Å². The second kappa shape index (κ2) is 6.55. The zero-order valence-electron chi connectivity index (χ0n) is 10.8. The molecule has 0 aliphatic carbocycles. The molecule has 1 heterocycles. The zero-order valence-corrected chi connectivity index (χ0v) is 12.4. The van der Waals surface area contributed by atoms with E-state index in [4.69, 9.17) is 0 Å². The Bertz CT molecular complexity index is 397. The van der Waals surface area contributed by atoms with Crippen LogP contribution in [-0.4, -0.2) is 30.8 Å². The van der Waals surface area contributed by atoms with E-state index in [2.05, 4.69) is 51.3 Å². The Kier molecular flexibility index (Phi) is 5.03. The predicted octanol–water partition coefficient (Wildman–Crippen LogP) is 2.52. The van der Waals surface area contributed by atoms with Crippen LogP contribution in [0.15, 0.2) is 22.7 Å². The van der Waals surface area contributed by atoms with Crippen LogP contribution in [0.4, 0.5) is 5.69 Å². The van der Waals surface area contributed by atoms with Gasteiger partial charge in [-0.25, -0.2) is 0 Å². The fraction of sp³-hybridized carbons (Fsp3) is 0.571. The van der Waals surface area contributed by atoms with E-state index < -0.39 is 0 Å². The number of benzene rings is 1. The number of halogens is 1. The zero-order chi connectivity index (χ0) is 13.0. The number of nitrogens with one attached hydrogen (secondary N) is 1. The van der Waals surface area contributed by atoms with E-state index in [1.165, 1.54) is 17.7 Å². The minimum Gasteiger partial charge on any atom is -0.394 e. The maximum atomic E-state index is 9.37. The Morgan fingerprint density at radius 3 is 3.00 bits per heavy atom. The predicted molar refractivity (Wildman–Crippen MR) is 79.0 cm³/mol. The summed E-state index contributed by atoms with van der Waals surface area (Å²) >= 11 is 3.64. The minimum absolute atomic E-state index is 0.247. The first kappa shape index (κ1) is 13.8. The molecule has 0 bridgehead atoms. The first-order chi connectivity index (χ1) is 8.76. The van der Waals surface area contributed by atoms with Gasteiger partial charge in [-0.2, -0.15) is 0 Å². The second-order valence-electron chi connectivity index (χ2n) is 4.73. The SMILES string of the molecule is CCNCc1ccc(N2CCCC2CO)cc1Br. The lowest BCUT2D eigenvalue weighted by atomic mass is 10.1. The molecule has 3 nitrogen and oxygen atoms in total. The molecule has 1 aromatic rings. The largest absolute Gasteiger partial charge is 0.394 e. The number of aliphatic hydroxyl groups is 1. The highest BCUT2D eigenvalue weighted by atomic mass is 79.9. The van der Waals surface area contributed by atoms with E-state index in [0.29, 0.717) is 0 Å². The first-order valence-electron chi connectivity index (χ1n) is 6.63. The molecule has 0 aromatic heterocycles. The smallest absolute Gasteiger partial charge is 0.0635 e. The van der Waals surface area contributed by atoms with Crippen molar-refractivity contribution in [1.29, 1.82) is 0 Å². The summed E-state index contributed by atoms with van der Waals surface area (Å²) < 4.78 is 1.14. The fourth-order valence-corrected chi connectivity index (χ4v) is 2.99. The number of nitrogens with zero attached hydrogens (tertiary/aromatic N) is 1. The minimum atomic E-state index is 0.247. The lowest BCUT2D eigenvalue weighted by molar-refractivity contribution is 0.266. The average molecular weight is 313 g/mol. The van der Waals surface area contributed by atoms with Gasteiger partial charge in [-0.15, -0.1) is 0 Å². The normalized spacial score (nSPS) is 19.5. The summed E-state index contributed by atoms with van der Waals surface area (Å²) in [6.07, 6.45) is 2.26. The summed E-state index contributed by atoms with van der Waals surface area (Å²) in [7, 11) is 0. The highest BCUT2D eigenvalue weighted by Gasteiger charge is 2.24. The van der Waals surface area contributed by atoms with Gasteiger partial charge in [0.1, 0.15) is 0 Å². The van der Waals surface area contributed by atoms with Crippen molar-refractivity contribution in [3.63, 3.8) is 0 Å². The van der Waals surface area contributed by atoms with Crippen molar-refractivity contribution >= 4 is 21.6 Å². The van der Waals surface area contributed by atoms with Crippen molar-refractivity contribution in [2.75, 3.05) is 24.6 Å². The van der Waals surface area contributed by atoms with Crippen molar-refractivity contribution in [3.8, 4) is 0 Å². The molecule has 1 unspecified atom stereocenters. The van der Waals surface area contributed by atoms with Gasteiger partial charge in [0.05, 0.1) is 12.6 Å². The molecule has 1 aromatic carbocycles. The number of anilines is 1. The molecule has 0 radical (unpaired) electrons. The summed E-state index contributed by atoms with van der Waals surface area (Å²) in [5.41, 5.74) is 2.49. The summed E-state index contributed by atoms with van der Waals surface area (Å²) in [6, 6.07) is 6.78. The van der Waals surface area contributed by atoms with Crippen LogP contribution in [0.3, 0.4) is 0 Å². The molecule has 0 saturated carbocycles. The lowest BCUT2D eigenvalue weighted by Crippen LogP contribution is -2.32. The molecule has 1 atom stereocenters.